The van der Waals surface area contributed by atoms with Crippen molar-refractivity contribution in [3.05, 3.63) is 12.2 Å². The van der Waals surface area contributed by atoms with Crippen LogP contribution in [0.4, 0.5) is 0 Å². The Morgan fingerprint density at radius 2 is 1.88 bits per heavy atom. The molecule has 2 heterocycles. The molecule has 2 aliphatic heterocycles. The average Bonchev–Trinajstić information content (AvgIpc) is 3.05. The Morgan fingerprint density at radius 1 is 1.18 bits per heavy atom. The number of carboxylic acids is 1. The van der Waals surface area contributed by atoms with Gasteiger partial charge in [-0.15, -0.1) is 0 Å². The summed E-state index contributed by atoms with van der Waals surface area (Å²) in [6, 6.07) is -1.20. The molecule has 12 atom stereocenters. The number of carboxylic acid groups (broad SMARTS) is 1. The SMILES string of the molecule is CC(=O)NC(CSCC12OC(=O)C34C(=O)C5(C)C6CCC(C)CC6C=CC5C(C)(OC13O)C4(O)CC2C)C(=O)O. The normalized spacial score (nSPS) is 52.4. The monoisotopic (exact) mass is 577 g/mol. The number of allylic oxidation sites excluding steroid dienone is 1. The number of hydrogen-bond acceptors (Lipinski definition) is 9. The predicted octanol–water partition coefficient (Wildman–Crippen LogP) is 1.67. The molecule has 3 saturated carbocycles. The van der Waals surface area contributed by atoms with Crippen molar-refractivity contribution < 1.29 is 44.0 Å². The van der Waals surface area contributed by atoms with Crippen LogP contribution in [-0.4, -0.2) is 79.1 Å². The average molecular weight is 578 g/mol. The molecule has 6 aliphatic rings. The Bertz CT molecular complexity index is 1240. The Kier molecular flexibility index (Phi) is 5.87. The number of aliphatic hydroxyl groups is 2. The van der Waals surface area contributed by atoms with Gasteiger partial charge >= 0.3 is 11.9 Å². The van der Waals surface area contributed by atoms with E-state index in [0.717, 1.165) is 31.0 Å². The predicted molar refractivity (Wildman–Crippen MR) is 143 cm³/mol. The second-order valence-corrected chi connectivity index (χ2v) is 14.6. The molecular weight excluding hydrogens is 538 g/mol. The molecule has 220 valence electrons. The van der Waals surface area contributed by atoms with Gasteiger partial charge in [-0.3, -0.25) is 14.4 Å². The molecule has 1 amide bonds. The molecule has 1 spiro atoms. The smallest absolute Gasteiger partial charge is 0.329 e. The molecule has 10 nitrogen and oxygen atoms in total. The van der Waals surface area contributed by atoms with Crippen molar-refractivity contribution in [1.82, 2.24) is 5.32 Å². The molecule has 4 aliphatic carbocycles. The molecule has 11 heteroatoms. The molecule has 6 rings (SSSR count). The number of Topliss-reactive ketones (excluding diaryl/α,β-unsaturated/α-hetero) is 1. The van der Waals surface area contributed by atoms with E-state index in [2.05, 4.69) is 18.3 Å². The molecular formula is C29H39NO9S. The number of aliphatic carboxylic acids is 1. The fourth-order valence-corrected chi connectivity index (χ4v) is 11.3. The van der Waals surface area contributed by atoms with Crippen LogP contribution >= 0.6 is 11.8 Å². The molecule has 0 aromatic heterocycles. The van der Waals surface area contributed by atoms with Gasteiger partial charge in [0.2, 0.25) is 17.1 Å². The molecule has 40 heavy (non-hydrogen) atoms. The Morgan fingerprint density at radius 3 is 2.52 bits per heavy atom. The highest BCUT2D eigenvalue weighted by Crippen LogP contribution is 2.80. The van der Waals surface area contributed by atoms with Crippen molar-refractivity contribution in [2.75, 3.05) is 11.5 Å². The van der Waals surface area contributed by atoms with Crippen LogP contribution in [0.3, 0.4) is 0 Å². The minimum atomic E-state index is -2.46. The second kappa shape index (κ2) is 8.33. The van der Waals surface area contributed by atoms with E-state index in [1.54, 1.807) is 13.8 Å². The standard InChI is InChI=1S/C29H39NO9S/c1-14-6-8-18-17(10-14)7-9-20-24(18,4)22(34)28-23(35)38-26(13-40-12-19(21(32)33)30-16(3)31)15(2)11-27(28,36)25(20,5)39-29(26,28)37/h7,9,14-15,17-20,36-37H,6,8,10-13H2,1-5H3,(H,30,31)(H,32,33). The van der Waals surface area contributed by atoms with E-state index in [-0.39, 0.29) is 29.8 Å². The van der Waals surface area contributed by atoms with Crippen LogP contribution in [0.1, 0.15) is 60.3 Å². The first-order chi connectivity index (χ1) is 18.6. The zero-order chi connectivity index (χ0) is 29.3. The Hall–Kier alpha value is -1.95. The number of carbonyl (C=O) groups is 4. The highest BCUT2D eigenvalue weighted by molar-refractivity contribution is 7.99. The van der Waals surface area contributed by atoms with Crippen LogP contribution in [0.25, 0.3) is 0 Å². The lowest BCUT2D eigenvalue weighted by molar-refractivity contribution is -0.302. The van der Waals surface area contributed by atoms with E-state index in [9.17, 15) is 29.7 Å². The minimum absolute atomic E-state index is 0.0105. The van der Waals surface area contributed by atoms with E-state index in [1.807, 2.05) is 13.0 Å². The lowest BCUT2D eigenvalue weighted by Crippen LogP contribution is -2.80. The van der Waals surface area contributed by atoms with Gasteiger partial charge in [0, 0.05) is 35.7 Å². The van der Waals surface area contributed by atoms with Crippen LogP contribution in [0.5, 0.6) is 0 Å². The van der Waals surface area contributed by atoms with Crippen molar-refractivity contribution in [2.45, 2.75) is 88.9 Å². The van der Waals surface area contributed by atoms with Gasteiger partial charge in [0.15, 0.2) is 11.4 Å². The number of ether oxygens (including phenoxy) is 2. The number of carbonyl (C=O) groups excluding carboxylic acids is 3. The van der Waals surface area contributed by atoms with Crippen LogP contribution in [0.15, 0.2) is 12.2 Å². The molecule has 12 unspecified atom stereocenters. The van der Waals surface area contributed by atoms with Crippen molar-refractivity contribution in [3.63, 3.8) is 0 Å². The third-order valence-electron chi connectivity index (χ3n) is 11.7. The van der Waals surface area contributed by atoms with E-state index in [1.165, 1.54) is 6.92 Å². The lowest BCUT2D eigenvalue weighted by Gasteiger charge is -2.63. The number of nitrogens with one attached hydrogen (secondary N) is 1. The van der Waals surface area contributed by atoms with Gasteiger partial charge in [-0.05, 0) is 43.9 Å². The molecule has 0 aromatic carbocycles. The number of hydrogen-bond donors (Lipinski definition) is 4. The molecule has 5 bridgehead atoms. The van der Waals surface area contributed by atoms with Crippen molar-refractivity contribution >= 4 is 35.4 Å². The first kappa shape index (κ1) is 28.2. The van der Waals surface area contributed by atoms with Crippen LogP contribution in [0, 0.1) is 40.4 Å². The van der Waals surface area contributed by atoms with Gasteiger partial charge in [-0.1, -0.05) is 39.3 Å². The summed E-state index contributed by atoms with van der Waals surface area (Å²) in [5, 5.41) is 37.1. The summed E-state index contributed by atoms with van der Waals surface area (Å²) in [5.74, 6) is -6.40. The zero-order valence-corrected chi connectivity index (χ0v) is 24.4. The molecule has 2 saturated heterocycles. The summed E-state index contributed by atoms with van der Waals surface area (Å²) in [6.07, 6.45) is 6.78. The van der Waals surface area contributed by atoms with Gasteiger partial charge in [-0.2, -0.15) is 11.8 Å². The third-order valence-corrected chi connectivity index (χ3v) is 12.9. The van der Waals surface area contributed by atoms with E-state index in [4.69, 9.17) is 9.47 Å². The fraction of sp³-hybridized carbons (Fsp3) is 0.793. The molecule has 0 aromatic rings. The molecule has 0 radical (unpaired) electrons. The van der Waals surface area contributed by atoms with Gasteiger partial charge in [0.25, 0.3) is 0 Å². The molecule has 5 fully saturated rings. The van der Waals surface area contributed by atoms with Gasteiger partial charge in [0.1, 0.15) is 17.2 Å². The largest absolute Gasteiger partial charge is 0.480 e. The van der Waals surface area contributed by atoms with Gasteiger partial charge < -0.3 is 30.1 Å². The summed E-state index contributed by atoms with van der Waals surface area (Å²) in [5.41, 5.74) is -8.55. The summed E-state index contributed by atoms with van der Waals surface area (Å²) in [6.45, 7) is 8.77. The second-order valence-electron chi connectivity index (χ2n) is 13.6. The van der Waals surface area contributed by atoms with E-state index >= 15 is 4.79 Å². The quantitative estimate of drug-likeness (QED) is 0.208. The number of ketones is 1. The van der Waals surface area contributed by atoms with Crippen LogP contribution < -0.4 is 5.32 Å². The molecule has 4 N–H and O–H groups in total. The van der Waals surface area contributed by atoms with E-state index in [0.29, 0.717) is 5.92 Å². The van der Waals surface area contributed by atoms with Crippen molar-refractivity contribution in [2.24, 2.45) is 40.4 Å². The number of esters is 1. The zero-order valence-electron chi connectivity index (χ0n) is 23.6. The first-order valence-electron chi connectivity index (χ1n) is 14.3. The Balaban J connectivity index is 1.45. The maximum absolute atomic E-state index is 15.0. The highest BCUT2D eigenvalue weighted by atomic mass is 32.2. The highest BCUT2D eigenvalue weighted by Gasteiger charge is 3.00. The summed E-state index contributed by atoms with van der Waals surface area (Å²) >= 11 is 1.08. The number of thioether (sulfide) groups is 1. The number of fused-ring (bicyclic) bond motifs is 4. The third kappa shape index (κ3) is 2.83. The summed E-state index contributed by atoms with van der Waals surface area (Å²) < 4.78 is 12.6. The maximum Gasteiger partial charge on any atom is 0.329 e. The lowest BCUT2D eigenvalue weighted by atomic mass is 9.37. The van der Waals surface area contributed by atoms with Gasteiger partial charge in [-0.25, -0.2) is 4.79 Å². The maximum atomic E-state index is 15.0. The fourth-order valence-electron chi connectivity index (χ4n) is 9.85. The van der Waals surface area contributed by atoms with Gasteiger partial charge in [0.05, 0.1) is 0 Å². The van der Waals surface area contributed by atoms with Crippen LogP contribution in [-0.2, 0) is 28.7 Å². The summed E-state index contributed by atoms with van der Waals surface area (Å²) in [7, 11) is 0. The van der Waals surface area contributed by atoms with E-state index < -0.39 is 74.9 Å². The first-order valence-corrected chi connectivity index (χ1v) is 15.4. The van der Waals surface area contributed by atoms with Crippen LogP contribution in [0.2, 0.25) is 0 Å². The summed E-state index contributed by atoms with van der Waals surface area (Å²) in [4.78, 5) is 52.3. The van der Waals surface area contributed by atoms with Crippen molar-refractivity contribution in [3.8, 4) is 0 Å². The Labute approximate surface area is 237 Å². The topological polar surface area (TPSA) is 159 Å². The van der Waals surface area contributed by atoms with Crippen molar-refractivity contribution in [1.29, 1.82) is 0 Å². The number of rotatable bonds is 6. The minimum Gasteiger partial charge on any atom is -0.480 e. The number of amides is 1.